The van der Waals surface area contributed by atoms with E-state index in [1.807, 2.05) is 6.07 Å². The smallest absolute Gasteiger partial charge is 0.130 e. The summed E-state index contributed by atoms with van der Waals surface area (Å²) in [6.45, 7) is 10.3. The molecule has 0 atom stereocenters. The number of aryl methyl sites for hydroxylation is 3. The Kier molecular flexibility index (Phi) is 4.80. The van der Waals surface area contributed by atoms with Crippen LogP contribution in [0, 0.1) is 20.8 Å². The highest BCUT2D eigenvalue weighted by molar-refractivity contribution is 5.42. The van der Waals surface area contributed by atoms with Crippen LogP contribution >= 0.6 is 0 Å². The van der Waals surface area contributed by atoms with Gasteiger partial charge in [-0.1, -0.05) is 25.1 Å². The van der Waals surface area contributed by atoms with Crippen molar-refractivity contribution in [1.29, 1.82) is 0 Å². The van der Waals surface area contributed by atoms with Crippen molar-refractivity contribution in [2.45, 2.75) is 34.2 Å². The third-order valence-corrected chi connectivity index (χ3v) is 3.54. The number of hydrogen-bond acceptors (Lipinski definition) is 2. The Balaban J connectivity index is 2.20. The molecule has 0 radical (unpaired) electrons. The number of nitrogens with one attached hydrogen (secondary N) is 1. The standard InChI is InChI=1S/C18H23NO/c1-5-19-12-16-8-6-14(3)18(11-16)20-17-9-7-13(2)15(4)10-17/h6-11,19H,5,12H2,1-4H3. The molecule has 0 heterocycles. The van der Waals surface area contributed by atoms with E-state index >= 15 is 0 Å². The predicted molar refractivity (Wildman–Crippen MR) is 84.5 cm³/mol. The molecule has 0 spiro atoms. The van der Waals surface area contributed by atoms with Crippen molar-refractivity contribution in [1.82, 2.24) is 5.32 Å². The highest BCUT2D eigenvalue weighted by atomic mass is 16.5. The van der Waals surface area contributed by atoms with Crippen molar-refractivity contribution in [3.63, 3.8) is 0 Å². The first-order valence-electron chi connectivity index (χ1n) is 7.15. The molecule has 0 saturated heterocycles. The molecular formula is C18H23NO. The fourth-order valence-electron chi connectivity index (χ4n) is 2.04. The zero-order valence-electron chi connectivity index (χ0n) is 12.8. The molecule has 0 unspecified atom stereocenters. The van der Waals surface area contributed by atoms with Gasteiger partial charge in [0.05, 0.1) is 0 Å². The van der Waals surface area contributed by atoms with Crippen molar-refractivity contribution >= 4 is 0 Å². The van der Waals surface area contributed by atoms with E-state index in [4.69, 9.17) is 4.74 Å². The molecule has 0 aliphatic rings. The Morgan fingerprint density at radius 2 is 1.65 bits per heavy atom. The Hall–Kier alpha value is -1.80. The average Bonchev–Trinajstić information content (AvgIpc) is 2.44. The summed E-state index contributed by atoms with van der Waals surface area (Å²) in [4.78, 5) is 0. The minimum Gasteiger partial charge on any atom is -0.457 e. The molecule has 0 amide bonds. The summed E-state index contributed by atoms with van der Waals surface area (Å²) in [5.41, 5.74) is 4.94. The Morgan fingerprint density at radius 1 is 0.900 bits per heavy atom. The van der Waals surface area contributed by atoms with Crippen LogP contribution in [0.4, 0.5) is 0 Å². The van der Waals surface area contributed by atoms with E-state index in [0.29, 0.717) is 0 Å². The van der Waals surface area contributed by atoms with Crippen LogP contribution in [-0.4, -0.2) is 6.54 Å². The topological polar surface area (TPSA) is 21.3 Å². The van der Waals surface area contributed by atoms with E-state index in [2.05, 4.69) is 63.3 Å². The lowest BCUT2D eigenvalue weighted by Crippen LogP contribution is -2.11. The molecule has 0 aromatic heterocycles. The van der Waals surface area contributed by atoms with Crippen molar-refractivity contribution in [2.24, 2.45) is 0 Å². The molecule has 0 aliphatic heterocycles. The van der Waals surface area contributed by atoms with Gasteiger partial charge in [-0.2, -0.15) is 0 Å². The van der Waals surface area contributed by atoms with Crippen LogP contribution in [0.5, 0.6) is 11.5 Å². The van der Waals surface area contributed by atoms with Gasteiger partial charge in [0.25, 0.3) is 0 Å². The molecule has 2 nitrogen and oxygen atoms in total. The second kappa shape index (κ2) is 6.58. The summed E-state index contributed by atoms with van der Waals surface area (Å²) in [5.74, 6) is 1.83. The largest absolute Gasteiger partial charge is 0.457 e. The van der Waals surface area contributed by atoms with Crippen LogP contribution in [0.1, 0.15) is 29.2 Å². The van der Waals surface area contributed by atoms with Gasteiger partial charge >= 0.3 is 0 Å². The molecule has 1 N–H and O–H groups in total. The Bertz CT molecular complexity index is 590. The van der Waals surface area contributed by atoms with Gasteiger partial charge in [-0.15, -0.1) is 0 Å². The first-order chi connectivity index (χ1) is 9.60. The Labute approximate surface area is 121 Å². The predicted octanol–water partition coefficient (Wildman–Crippen LogP) is 4.51. The van der Waals surface area contributed by atoms with Gasteiger partial charge in [0, 0.05) is 6.54 Å². The summed E-state index contributed by atoms with van der Waals surface area (Å²) in [5, 5.41) is 3.34. The van der Waals surface area contributed by atoms with Crippen molar-refractivity contribution in [2.75, 3.05) is 6.54 Å². The fourth-order valence-corrected chi connectivity index (χ4v) is 2.04. The van der Waals surface area contributed by atoms with Gasteiger partial charge in [-0.3, -0.25) is 0 Å². The number of rotatable bonds is 5. The molecule has 0 aliphatic carbocycles. The molecular weight excluding hydrogens is 246 g/mol. The third-order valence-electron chi connectivity index (χ3n) is 3.54. The van der Waals surface area contributed by atoms with Gasteiger partial charge in [0.1, 0.15) is 11.5 Å². The van der Waals surface area contributed by atoms with E-state index in [1.165, 1.54) is 16.7 Å². The summed E-state index contributed by atoms with van der Waals surface area (Å²) in [6, 6.07) is 12.6. The fraction of sp³-hybridized carbons (Fsp3) is 0.333. The summed E-state index contributed by atoms with van der Waals surface area (Å²) < 4.78 is 6.04. The van der Waals surface area contributed by atoms with Crippen LogP contribution in [-0.2, 0) is 6.54 Å². The Morgan fingerprint density at radius 3 is 2.35 bits per heavy atom. The van der Waals surface area contributed by atoms with Crippen molar-refractivity contribution in [3.8, 4) is 11.5 Å². The second-order valence-electron chi connectivity index (χ2n) is 5.23. The first-order valence-corrected chi connectivity index (χ1v) is 7.15. The minimum absolute atomic E-state index is 0.875. The van der Waals surface area contributed by atoms with E-state index < -0.39 is 0 Å². The summed E-state index contributed by atoms with van der Waals surface area (Å²) >= 11 is 0. The average molecular weight is 269 g/mol. The maximum atomic E-state index is 6.04. The third kappa shape index (κ3) is 3.61. The van der Waals surface area contributed by atoms with Crippen LogP contribution in [0.2, 0.25) is 0 Å². The van der Waals surface area contributed by atoms with E-state index in [-0.39, 0.29) is 0 Å². The van der Waals surface area contributed by atoms with E-state index in [1.54, 1.807) is 0 Å². The zero-order chi connectivity index (χ0) is 14.5. The zero-order valence-corrected chi connectivity index (χ0v) is 12.8. The molecule has 0 bridgehead atoms. The molecule has 2 heteroatoms. The molecule has 2 aromatic rings. The molecule has 2 rings (SSSR count). The van der Waals surface area contributed by atoms with Crippen LogP contribution < -0.4 is 10.1 Å². The van der Waals surface area contributed by atoms with Crippen molar-refractivity contribution < 1.29 is 4.74 Å². The van der Waals surface area contributed by atoms with Gasteiger partial charge in [0.15, 0.2) is 0 Å². The number of benzene rings is 2. The molecule has 0 fully saturated rings. The summed E-state index contributed by atoms with van der Waals surface area (Å²) in [7, 11) is 0. The van der Waals surface area contributed by atoms with Crippen LogP contribution in [0.15, 0.2) is 36.4 Å². The summed E-state index contributed by atoms with van der Waals surface area (Å²) in [6.07, 6.45) is 0. The lowest BCUT2D eigenvalue weighted by Gasteiger charge is -2.12. The molecule has 20 heavy (non-hydrogen) atoms. The number of ether oxygens (including phenoxy) is 1. The quantitative estimate of drug-likeness (QED) is 0.862. The van der Waals surface area contributed by atoms with Crippen molar-refractivity contribution in [3.05, 3.63) is 58.7 Å². The van der Waals surface area contributed by atoms with Gasteiger partial charge in [0.2, 0.25) is 0 Å². The van der Waals surface area contributed by atoms with E-state index in [9.17, 15) is 0 Å². The lowest BCUT2D eigenvalue weighted by molar-refractivity contribution is 0.477. The second-order valence-corrected chi connectivity index (χ2v) is 5.23. The van der Waals surface area contributed by atoms with Gasteiger partial charge in [-0.25, -0.2) is 0 Å². The highest BCUT2D eigenvalue weighted by Crippen LogP contribution is 2.27. The molecule has 2 aromatic carbocycles. The maximum Gasteiger partial charge on any atom is 0.130 e. The van der Waals surface area contributed by atoms with Crippen LogP contribution in [0.3, 0.4) is 0 Å². The lowest BCUT2D eigenvalue weighted by atomic mass is 10.1. The van der Waals surface area contributed by atoms with E-state index in [0.717, 1.165) is 30.2 Å². The molecule has 106 valence electrons. The number of hydrogen-bond donors (Lipinski definition) is 1. The SMILES string of the molecule is CCNCc1ccc(C)c(Oc2ccc(C)c(C)c2)c1. The first kappa shape index (κ1) is 14.6. The monoisotopic (exact) mass is 269 g/mol. The van der Waals surface area contributed by atoms with Gasteiger partial charge in [-0.05, 0) is 67.8 Å². The van der Waals surface area contributed by atoms with Gasteiger partial charge < -0.3 is 10.1 Å². The maximum absolute atomic E-state index is 6.04. The minimum atomic E-state index is 0.875. The normalized spacial score (nSPS) is 10.6. The highest BCUT2D eigenvalue weighted by Gasteiger charge is 2.04. The molecule has 0 saturated carbocycles. The van der Waals surface area contributed by atoms with Crippen LogP contribution in [0.25, 0.3) is 0 Å².